The van der Waals surface area contributed by atoms with Crippen LogP contribution in [0.1, 0.15) is 296 Å². The summed E-state index contributed by atoms with van der Waals surface area (Å²) in [5.74, 6) is -0.0555. The molecule has 1 amide bonds. The molecule has 356 valence electrons. The Balaban J connectivity index is 3.45. The Bertz CT molecular complexity index is 893. The fourth-order valence-electron chi connectivity index (χ4n) is 8.40. The summed E-state index contributed by atoms with van der Waals surface area (Å²) in [4.78, 5) is 24.5. The molecular weight excluding hydrogens is 743 g/mol. The molecule has 6 heteroatoms. The minimum absolute atomic E-state index is 0.0118. The van der Waals surface area contributed by atoms with E-state index in [-0.39, 0.29) is 18.5 Å². The molecule has 0 rings (SSSR count). The van der Waals surface area contributed by atoms with Gasteiger partial charge in [0.2, 0.25) is 5.91 Å². The lowest BCUT2D eigenvalue weighted by Crippen LogP contribution is -2.45. The Hall–Kier alpha value is -1.40. The average Bonchev–Trinajstić information content (AvgIpc) is 3.25. The van der Waals surface area contributed by atoms with Gasteiger partial charge in [-0.25, -0.2) is 0 Å². The van der Waals surface area contributed by atoms with Crippen LogP contribution in [0.15, 0.2) is 12.2 Å². The molecule has 0 bridgehead atoms. The zero-order valence-corrected chi connectivity index (χ0v) is 40.5. The van der Waals surface area contributed by atoms with Crippen molar-refractivity contribution in [2.75, 3.05) is 13.2 Å². The number of aliphatic hydroxyl groups excluding tert-OH is 2. The third-order valence-corrected chi connectivity index (χ3v) is 12.6. The second-order valence-electron chi connectivity index (χ2n) is 18.6. The molecule has 0 radical (unpaired) electrons. The maximum atomic E-state index is 12.5. The molecule has 60 heavy (non-hydrogen) atoms. The van der Waals surface area contributed by atoms with Crippen molar-refractivity contribution in [1.82, 2.24) is 5.32 Å². The van der Waals surface area contributed by atoms with Crippen molar-refractivity contribution in [3.8, 4) is 0 Å². The van der Waals surface area contributed by atoms with Crippen LogP contribution in [0.5, 0.6) is 0 Å². The van der Waals surface area contributed by atoms with Gasteiger partial charge in [-0.05, 0) is 51.4 Å². The van der Waals surface area contributed by atoms with E-state index < -0.39 is 12.1 Å². The van der Waals surface area contributed by atoms with Gasteiger partial charge in [-0.2, -0.15) is 0 Å². The third kappa shape index (κ3) is 46.1. The molecule has 2 atom stereocenters. The molecule has 0 aliphatic heterocycles. The molecule has 2 unspecified atom stereocenters. The fourth-order valence-corrected chi connectivity index (χ4v) is 8.40. The van der Waals surface area contributed by atoms with Gasteiger partial charge in [-0.1, -0.05) is 244 Å². The van der Waals surface area contributed by atoms with Crippen LogP contribution in [0, 0.1) is 0 Å². The van der Waals surface area contributed by atoms with E-state index in [0.717, 1.165) is 51.4 Å². The highest BCUT2D eigenvalue weighted by atomic mass is 16.5. The lowest BCUT2D eigenvalue weighted by molar-refractivity contribution is -0.143. The van der Waals surface area contributed by atoms with Crippen LogP contribution in [0.4, 0.5) is 0 Å². The van der Waals surface area contributed by atoms with Gasteiger partial charge < -0.3 is 20.3 Å². The monoisotopic (exact) mass is 848 g/mol. The number of carbonyl (C=O) groups is 2. The predicted molar refractivity (Wildman–Crippen MR) is 260 cm³/mol. The van der Waals surface area contributed by atoms with E-state index in [9.17, 15) is 19.8 Å². The first-order valence-corrected chi connectivity index (χ1v) is 26.9. The summed E-state index contributed by atoms with van der Waals surface area (Å²) < 4.78 is 5.45. The van der Waals surface area contributed by atoms with E-state index in [1.54, 1.807) is 0 Å². The number of amides is 1. The summed E-state index contributed by atoms with van der Waals surface area (Å²) >= 11 is 0. The number of hydrogen-bond acceptors (Lipinski definition) is 5. The van der Waals surface area contributed by atoms with Crippen molar-refractivity contribution >= 4 is 11.9 Å². The first-order valence-electron chi connectivity index (χ1n) is 26.9. The highest BCUT2D eigenvalue weighted by Gasteiger charge is 2.20. The zero-order chi connectivity index (χ0) is 43.7. The van der Waals surface area contributed by atoms with Gasteiger partial charge in [0.15, 0.2) is 0 Å². The smallest absolute Gasteiger partial charge is 0.305 e. The molecule has 0 aliphatic carbocycles. The Labute approximate surface area is 374 Å². The number of allylic oxidation sites excluding steroid dienone is 2. The number of aliphatic hydroxyl groups is 2. The third-order valence-electron chi connectivity index (χ3n) is 12.6. The molecule has 0 fully saturated rings. The van der Waals surface area contributed by atoms with Gasteiger partial charge in [0, 0.05) is 12.8 Å². The maximum absolute atomic E-state index is 12.5. The van der Waals surface area contributed by atoms with Crippen LogP contribution in [-0.4, -0.2) is 47.4 Å². The number of rotatable bonds is 50. The number of ether oxygens (including phenoxy) is 1. The summed E-state index contributed by atoms with van der Waals surface area (Å²) in [5.41, 5.74) is 0. The first kappa shape index (κ1) is 58.6. The largest absolute Gasteiger partial charge is 0.466 e. The number of unbranched alkanes of at least 4 members (excludes halogenated alkanes) is 37. The molecule has 0 aromatic heterocycles. The quantitative estimate of drug-likeness (QED) is 0.0322. The zero-order valence-electron chi connectivity index (χ0n) is 40.5. The highest BCUT2D eigenvalue weighted by Crippen LogP contribution is 2.17. The van der Waals surface area contributed by atoms with Crippen molar-refractivity contribution < 1.29 is 24.5 Å². The topological polar surface area (TPSA) is 95.9 Å². The van der Waals surface area contributed by atoms with Crippen LogP contribution in [0.3, 0.4) is 0 Å². The molecule has 6 nitrogen and oxygen atoms in total. The van der Waals surface area contributed by atoms with E-state index in [1.807, 2.05) is 0 Å². The molecule has 0 saturated carbocycles. The second-order valence-corrected chi connectivity index (χ2v) is 18.6. The lowest BCUT2D eigenvalue weighted by atomic mass is 10.0. The van der Waals surface area contributed by atoms with Gasteiger partial charge in [0.1, 0.15) is 0 Å². The van der Waals surface area contributed by atoms with Gasteiger partial charge in [0.25, 0.3) is 0 Å². The standard InChI is InChI=1S/C54H105NO5/c1-3-5-7-9-11-13-15-17-18-19-20-23-26-30-34-38-42-46-52(57)51(50-56)55-53(58)47-43-39-35-31-27-24-21-22-25-29-33-37-41-45-49-60-54(59)48-44-40-36-32-28-16-14-12-10-8-6-4-2/h12,14,51-52,56-57H,3-11,13,15-50H2,1-2H3,(H,55,58)/b14-12-. The van der Waals surface area contributed by atoms with Crippen LogP contribution in [0.25, 0.3) is 0 Å². The van der Waals surface area contributed by atoms with Crippen LogP contribution >= 0.6 is 0 Å². The van der Waals surface area contributed by atoms with Gasteiger partial charge in [0.05, 0.1) is 25.4 Å². The van der Waals surface area contributed by atoms with E-state index in [0.29, 0.717) is 25.9 Å². The first-order chi connectivity index (χ1) is 29.5. The summed E-state index contributed by atoms with van der Waals surface area (Å²) in [6, 6.07) is -0.549. The van der Waals surface area contributed by atoms with E-state index in [4.69, 9.17) is 4.74 Å². The van der Waals surface area contributed by atoms with Crippen LogP contribution in [0.2, 0.25) is 0 Å². The Kier molecular flexibility index (Phi) is 49.1. The predicted octanol–water partition coefficient (Wildman–Crippen LogP) is 16.1. The summed E-state index contributed by atoms with van der Waals surface area (Å²) in [5, 5.41) is 23.3. The number of carbonyl (C=O) groups excluding carboxylic acids is 2. The van der Waals surface area contributed by atoms with Gasteiger partial charge >= 0.3 is 5.97 Å². The number of nitrogens with one attached hydrogen (secondary N) is 1. The molecular formula is C54H105NO5. The summed E-state index contributed by atoms with van der Waals surface area (Å²) in [6.07, 6.45) is 57.5. The van der Waals surface area contributed by atoms with Gasteiger partial charge in [-0.3, -0.25) is 9.59 Å². The minimum atomic E-state index is -0.671. The van der Waals surface area contributed by atoms with Crippen LogP contribution in [-0.2, 0) is 14.3 Å². The van der Waals surface area contributed by atoms with Gasteiger partial charge in [-0.15, -0.1) is 0 Å². The van der Waals surface area contributed by atoms with E-state index >= 15 is 0 Å². The highest BCUT2D eigenvalue weighted by molar-refractivity contribution is 5.76. The number of esters is 1. The fraction of sp³-hybridized carbons (Fsp3) is 0.926. The van der Waals surface area contributed by atoms with Crippen molar-refractivity contribution in [1.29, 1.82) is 0 Å². The normalized spacial score (nSPS) is 12.7. The Morgan fingerprint density at radius 2 is 0.783 bits per heavy atom. The molecule has 0 aromatic carbocycles. The Morgan fingerprint density at radius 1 is 0.450 bits per heavy atom. The summed E-state index contributed by atoms with van der Waals surface area (Å²) in [6.45, 7) is 4.92. The molecule has 0 aromatic rings. The van der Waals surface area contributed by atoms with Crippen LogP contribution < -0.4 is 5.32 Å². The average molecular weight is 848 g/mol. The summed E-state index contributed by atoms with van der Waals surface area (Å²) in [7, 11) is 0. The van der Waals surface area contributed by atoms with Crippen molar-refractivity contribution in [3.63, 3.8) is 0 Å². The molecule has 0 saturated heterocycles. The molecule has 0 aliphatic rings. The van der Waals surface area contributed by atoms with E-state index in [2.05, 4.69) is 31.3 Å². The minimum Gasteiger partial charge on any atom is -0.466 e. The SMILES string of the molecule is CCCCC/C=C\CCCCCCCC(=O)OCCCCCCCCCCCCCCCCC(=O)NC(CO)C(O)CCCCCCCCCCCCCCCCCCC. The van der Waals surface area contributed by atoms with Crippen molar-refractivity contribution in [3.05, 3.63) is 12.2 Å². The van der Waals surface area contributed by atoms with Crippen molar-refractivity contribution in [2.45, 2.75) is 309 Å². The molecule has 3 N–H and O–H groups in total. The number of hydrogen-bond donors (Lipinski definition) is 3. The maximum Gasteiger partial charge on any atom is 0.305 e. The lowest BCUT2D eigenvalue weighted by Gasteiger charge is -2.22. The molecule has 0 heterocycles. The second kappa shape index (κ2) is 50.2. The Morgan fingerprint density at radius 3 is 1.22 bits per heavy atom. The molecule has 0 spiro atoms. The van der Waals surface area contributed by atoms with E-state index in [1.165, 1.54) is 212 Å². The van der Waals surface area contributed by atoms with Crippen molar-refractivity contribution in [2.24, 2.45) is 0 Å².